The smallest absolute Gasteiger partial charge is 0.305 e. The van der Waals surface area contributed by atoms with Gasteiger partial charge in [-0.25, -0.2) is 0 Å². The van der Waals surface area contributed by atoms with E-state index in [2.05, 4.69) is 26.1 Å². The van der Waals surface area contributed by atoms with Gasteiger partial charge < -0.3 is 20.9 Å². The maximum atomic E-state index is 11.7. The molecule has 0 saturated heterocycles. The van der Waals surface area contributed by atoms with Crippen molar-refractivity contribution in [2.45, 2.75) is 97.1 Å². The highest BCUT2D eigenvalue weighted by Crippen LogP contribution is 2.68. The molecule has 0 radical (unpaired) electrons. The van der Waals surface area contributed by atoms with E-state index in [0.717, 1.165) is 37.6 Å². The number of hydrogen-bond acceptors (Lipinski definition) is 5. The van der Waals surface area contributed by atoms with Crippen LogP contribution in [0.3, 0.4) is 0 Å². The van der Waals surface area contributed by atoms with Crippen LogP contribution in [0.5, 0.6) is 0 Å². The van der Waals surface area contributed by atoms with Crippen LogP contribution in [0.15, 0.2) is 0 Å². The summed E-state index contributed by atoms with van der Waals surface area (Å²) in [4.78, 5) is 11.7. The van der Waals surface area contributed by atoms with Gasteiger partial charge in [0.2, 0.25) is 0 Å². The first-order chi connectivity index (χ1) is 15.2. The Morgan fingerprint density at radius 1 is 1.09 bits per heavy atom. The summed E-state index contributed by atoms with van der Waals surface area (Å²) in [5.41, 5.74) is 6.36. The second-order valence-corrected chi connectivity index (χ2v) is 12.3. The Morgan fingerprint density at radius 3 is 2.53 bits per heavy atom. The fourth-order valence-corrected chi connectivity index (χ4v) is 9.40. The van der Waals surface area contributed by atoms with Crippen LogP contribution in [0.2, 0.25) is 0 Å². The predicted molar refractivity (Wildman–Crippen MR) is 128 cm³/mol. The molecular formula is C27H48N2O3. The highest BCUT2D eigenvalue weighted by Gasteiger charge is 2.62. The molecule has 4 fully saturated rings. The number of aliphatic hydroxyl groups excluding tert-OH is 1. The number of ether oxygens (including phenoxy) is 1. The van der Waals surface area contributed by atoms with E-state index in [-0.39, 0.29) is 17.5 Å². The maximum absolute atomic E-state index is 11.7. The topological polar surface area (TPSA) is 84.6 Å². The molecule has 4 aliphatic rings. The standard InChI is InChI=1S/C27H48N2O3/c1-17(5-8-25(31)32-4)20-6-7-21-19-16-24(30)23-15-18(29-14-13-28)9-11-27(23,3)22(19)10-12-26(20,21)2/h17-24,29-30H,5-16,28H2,1-4H3/t17-,18+,19?,20?,21?,22?,23-,24-,26-,27-/m1/s1. The summed E-state index contributed by atoms with van der Waals surface area (Å²) in [7, 11) is 1.49. The van der Waals surface area contributed by atoms with Gasteiger partial charge in [0.05, 0.1) is 13.2 Å². The number of carbonyl (C=O) groups is 1. The number of hydrogen-bond donors (Lipinski definition) is 3. The molecule has 0 aromatic heterocycles. The number of esters is 1. The molecule has 0 heterocycles. The molecule has 4 aliphatic carbocycles. The fourth-order valence-electron chi connectivity index (χ4n) is 9.40. The monoisotopic (exact) mass is 448 g/mol. The minimum absolute atomic E-state index is 0.0776. The molecule has 0 spiro atoms. The molecule has 0 aromatic rings. The molecule has 4 saturated carbocycles. The molecule has 0 aromatic carbocycles. The van der Waals surface area contributed by atoms with Crippen LogP contribution in [0, 0.1) is 46.3 Å². The van der Waals surface area contributed by atoms with Crippen LogP contribution in [-0.2, 0) is 9.53 Å². The van der Waals surface area contributed by atoms with Gasteiger partial charge in [0.15, 0.2) is 0 Å². The molecule has 0 bridgehead atoms. The Bertz CT molecular complexity index is 671. The lowest BCUT2D eigenvalue weighted by Crippen LogP contribution is -2.59. The van der Waals surface area contributed by atoms with Crippen molar-refractivity contribution in [3.05, 3.63) is 0 Å². The van der Waals surface area contributed by atoms with Crippen LogP contribution in [0.1, 0.15) is 85.0 Å². The lowest BCUT2D eigenvalue weighted by Gasteiger charge is -2.62. The molecule has 4 rings (SSSR count). The van der Waals surface area contributed by atoms with Crippen molar-refractivity contribution in [2.24, 2.45) is 52.1 Å². The third kappa shape index (κ3) is 4.15. The first kappa shape index (κ1) is 24.5. The zero-order valence-corrected chi connectivity index (χ0v) is 20.9. The summed E-state index contributed by atoms with van der Waals surface area (Å²) < 4.78 is 4.89. The van der Waals surface area contributed by atoms with E-state index < -0.39 is 0 Å². The second kappa shape index (κ2) is 9.54. The number of methoxy groups -OCH3 is 1. The number of carbonyl (C=O) groups excluding carboxylic acids is 1. The molecule has 5 nitrogen and oxygen atoms in total. The first-order valence-electron chi connectivity index (χ1n) is 13.4. The highest BCUT2D eigenvalue weighted by atomic mass is 16.5. The summed E-state index contributed by atoms with van der Waals surface area (Å²) in [6.45, 7) is 8.99. The third-order valence-corrected chi connectivity index (χ3v) is 11.0. The molecule has 0 aliphatic heterocycles. The number of nitrogens with one attached hydrogen (secondary N) is 1. The van der Waals surface area contributed by atoms with Gasteiger partial charge in [0.25, 0.3) is 0 Å². The Labute approximate surface area is 195 Å². The summed E-state index contributed by atoms with van der Waals surface area (Å²) in [5, 5.41) is 15.0. The molecule has 5 heteroatoms. The fraction of sp³-hybridized carbons (Fsp3) is 0.963. The molecule has 32 heavy (non-hydrogen) atoms. The number of rotatable bonds is 7. The normalized spacial score (nSPS) is 46.6. The zero-order chi connectivity index (χ0) is 23.1. The van der Waals surface area contributed by atoms with E-state index in [4.69, 9.17) is 10.5 Å². The van der Waals surface area contributed by atoms with Gasteiger partial charge in [-0.1, -0.05) is 20.8 Å². The molecule has 0 amide bonds. The average Bonchev–Trinajstić information content (AvgIpc) is 3.13. The first-order valence-corrected chi connectivity index (χ1v) is 13.4. The average molecular weight is 449 g/mol. The quantitative estimate of drug-likeness (QED) is 0.510. The van der Waals surface area contributed by atoms with Crippen molar-refractivity contribution < 1.29 is 14.6 Å². The lowest BCUT2D eigenvalue weighted by atomic mass is 9.43. The Balaban J connectivity index is 1.47. The molecule has 10 atom stereocenters. The van der Waals surface area contributed by atoms with Gasteiger partial charge in [-0.15, -0.1) is 0 Å². The van der Waals surface area contributed by atoms with Gasteiger partial charge in [-0.3, -0.25) is 4.79 Å². The van der Waals surface area contributed by atoms with Crippen molar-refractivity contribution in [3.63, 3.8) is 0 Å². The summed E-state index contributed by atoms with van der Waals surface area (Å²) in [6, 6.07) is 0.517. The Kier molecular flexibility index (Phi) is 7.30. The summed E-state index contributed by atoms with van der Waals surface area (Å²) in [5.74, 6) is 3.75. The largest absolute Gasteiger partial charge is 0.469 e. The molecule has 184 valence electrons. The van der Waals surface area contributed by atoms with Crippen molar-refractivity contribution in [1.29, 1.82) is 0 Å². The van der Waals surface area contributed by atoms with E-state index in [1.165, 1.54) is 45.6 Å². The highest BCUT2D eigenvalue weighted by molar-refractivity contribution is 5.69. The maximum Gasteiger partial charge on any atom is 0.305 e. The Morgan fingerprint density at radius 2 is 1.81 bits per heavy atom. The van der Waals surface area contributed by atoms with Crippen LogP contribution >= 0.6 is 0 Å². The van der Waals surface area contributed by atoms with Crippen LogP contribution < -0.4 is 11.1 Å². The third-order valence-electron chi connectivity index (χ3n) is 11.0. The van der Waals surface area contributed by atoms with Crippen LogP contribution in [0.4, 0.5) is 0 Å². The van der Waals surface area contributed by atoms with E-state index >= 15 is 0 Å². The van der Waals surface area contributed by atoms with Gasteiger partial charge >= 0.3 is 5.97 Å². The second-order valence-electron chi connectivity index (χ2n) is 12.3. The molecule has 4 unspecified atom stereocenters. The predicted octanol–water partition coefficient (Wildman–Crippen LogP) is 4.12. The van der Waals surface area contributed by atoms with Crippen molar-refractivity contribution in [3.8, 4) is 0 Å². The number of fused-ring (bicyclic) bond motifs is 5. The van der Waals surface area contributed by atoms with Gasteiger partial charge in [-0.05, 0) is 104 Å². The minimum atomic E-state index is -0.165. The van der Waals surface area contributed by atoms with E-state index in [0.29, 0.717) is 48.1 Å². The van der Waals surface area contributed by atoms with Gasteiger partial charge in [0, 0.05) is 25.6 Å². The van der Waals surface area contributed by atoms with E-state index in [9.17, 15) is 9.90 Å². The van der Waals surface area contributed by atoms with Crippen molar-refractivity contribution in [1.82, 2.24) is 5.32 Å². The lowest BCUT2D eigenvalue weighted by molar-refractivity contribution is -0.162. The minimum Gasteiger partial charge on any atom is -0.469 e. The van der Waals surface area contributed by atoms with Crippen molar-refractivity contribution in [2.75, 3.05) is 20.2 Å². The van der Waals surface area contributed by atoms with Crippen LogP contribution in [-0.4, -0.2) is 43.4 Å². The number of nitrogens with two attached hydrogens (primary N) is 1. The van der Waals surface area contributed by atoms with Gasteiger partial charge in [-0.2, -0.15) is 0 Å². The zero-order valence-electron chi connectivity index (χ0n) is 20.9. The van der Waals surface area contributed by atoms with Gasteiger partial charge in [0.1, 0.15) is 0 Å². The van der Waals surface area contributed by atoms with Crippen LogP contribution in [0.25, 0.3) is 0 Å². The molecule has 4 N–H and O–H groups in total. The summed E-state index contributed by atoms with van der Waals surface area (Å²) >= 11 is 0. The van der Waals surface area contributed by atoms with Crippen molar-refractivity contribution >= 4 is 5.97 Å². The summed E-state index contributed by atoms with van der Waals surface area (Å²) in [6.07, 6.45) is 11.1. The molecular weight excluding hydrogens is 400 g/mol. The Hall–Kier alpha value is -0.650. The SMILES string of the molecule is COC(=O)CC[C@@H](C)C1CCC2C3C[C@@H](O)[C@H]4C[C@@H](NCCN)CC[C@]4(C)C3CC[C@@]21C. The van der Waals surface area contributed by atoms with E-state index in [1.54, 1.807) is 0 Å². The number of aliphatic hydroxyl groups is 1. The van der Waals surface area contributed by atoms with E-state index in [1.807, 2.05) is 0 Å².